The summed E-state index contributed by atoms with van der Waals surface area (Å²) in [7, 11) is 0. The minimum Gasteiger partial charge on any atom is -0.365 e. The molecule has 1 aliphatic rings. The van der Waals surface area contributed by atoms with Gasteiger partial charge in [-0.25, -0.2) is 0 Å². The predicted molar refractivity (Wildman–Crippen MR) is 70.6 cm³/mol. The van der Waals surface area contributed by atoms with E-state index in [1.807, 2.05) is 23.6 Å². The summed E-state index contributed by atoms with van der Waals surface area (Å²) < 4.78 is 10.5. The molecule has 1 N–H and O–H groups in total. The van der Waals surface area contributed by atoms with Crippen molar-refractivity contribution in [2.75, 3.05) is 6.61 Å². The van der Waals surface area contributed by atoms with Gasteiger partial charge in [0.2, 0.25) is 5.91 Å². The smallest absolute Gasteiger partial charge is 0.246 e. The highest BCUT2D eigenvalue weighted by Crippen LogP contribution is 2.25. The van der Waals surface area contributed by atoms with Crippen molar-refractivity contribution in [1.82, 2.24) is 10.5 Å². The van der Waals surface area contributed by atoms with Crippen LogP contribution in [-0.4, -0.2) is 23.7 Å². The van der Waals surface area contributed by atoms with E-state index in [4.69, 9.17) is 9.26 Å². The van der Waals surface area contributed by atoms with Crippen LogP contribution in [0.15, 0.2) is 28.1 Å². The maximum Gasteiger partial charge on any atom is 0.246 e. The Balaban J connectivity index is 1.46. The monoisotopic (exact) mass is 278 g/mol. The van der Waals surface area contributed by atoms with Crippen LogP contribution in [0.2, 0.25) is 0 Å². The number of nitrogens with one attached hydrogen (secondary N) is 1. The zero-order valence-corrected chi connectivity index (χ0v) is 11.1. The molecule has 0 atom stereocenters. The molecule has 3 rings (SSSR count). The molecule has 2 heterocycles. The molecule has 1 saturated carbocycles. The molecule has 2 aromatic rings. The molecule has 0 bridgehead atoms. The van der Waals surface area contributed by atoms with Crippen LogP contribution in [0.1, 0.15) is 18.5 Å². The molecule has 0 saturated heterocycles. The van der Waals surface area contributed by atoms with Gasteiger partial charge < -0.3 is 14.6 Å². The Kier molecular flexibility index (Phi) is 3.61. The highest BCUT2D eigenvalue weighted by atomic mass is 32.1. The third kappa shape index (κ3) is 3.42. The maximum atomic E-state index is 11.4. The fourth-order valence-corrected chi connectivity index (χ4v) is 2.33. The summed E-state index contributed by atoms with van der Waals surface area (Å²) in [6, 6.07) is 6.14. The lowest BCUT2D eigenvalue weighted by Gasteiger charge is -2.02. The van der Waals surface area contributed by atoms with E-state index in [1.165, 1.54) is 0 Å². The van der Waals surface area contributed by atoms with Crippen molar-refractivity contribution in [3.63, 3.8) is 0 Å². The first-order chi connectivity index (χ1) is 9.31. The van der Waals surface area contributed by atoms with Gasteiger partial charge in [-0.3, -0.25) is 4.79 Å². The standard InChI is InChI=1S/C13H14N2O3S/c16-13(14-9-3-4-9)8-17-7-10-6-11(18-15-10)12-2-1-5-19-12/h1-2,5-6,9H,3-4,7-8H2,(H,14,16). The lowest BCUT2D eigenvalue weighted by Crippen LogP contribution is -2.29. The summed E-state index contributed by atoms with van der Waals surface area (Å²) in [5.41, 5.74) is 0.697. The van der Waals surface area contributed by atoms with Gasteiger partial charge in [-0.15, -0.1) is 11.3 Å². The van der Waals surface area contributed by atoms with Gasteiger partial charge in [-0.1, -0.05) is 11.2 Å². The summed E-state index contributed by atoms with van der Waals surface area (Å²) in [6.07, 6.45) is 2.17. The summed E-state index contributed by atoms with van der Waals surface area (Å²) in [5.74, 6) is 0.667. The first-order valence-corrected chi connectivity index (χ1v) is 7.06. The molecular weight excluding hydrogens is 264 g/mol. The molecule has 1 fully saturated rings. The van der Waals surface area contributed by atoms with Crippen LogP contribution in [0, 0.1) is 0 Å². The highest BCUT2D eigenvalue weighted by Gasteiger charge is 2.23. The largest absolute Gasteiger partial charge is 0.365 e. The molecule has 6 heteroatoms. The van der Waals surface area contributed by atoms with Gasteiger partial charge >= 0.3 is 0 Å². The number of hydrogen-bond donors (Lipinski definition) is 1. The first-order valence-electron chi connectivity index (χ1n) is 6.18. The summed E-state index contributed by atoms with van der Waals surface area (Å²) in [4.78, 5) is 12.4. The molecule has 1 amide bonds. The quantitative estimate of drug-likeness (QED) is 0.879. The second-order valence-electron chi connectivity index (χ2n) is 4.49. The molecule has 2 aromatic heterocycles. The van der Waals surface area contributed by atoms with Gasteiger partial charge in [0.1, 0.15) is 12.3 Å². The zero-order valence-electron chi connectivity index (χ0n) is 10.3. The number of amides is 1. The van der Waals surface area contributed by atoms with Crippen molar-refractivity contribution in [3.8, 4) is 10.6 Å². The average Bonchev–Trinajstić information content (AvgIpc) is 2.91. The Morgan fingerprint density at radius 1 is 1.58 bits per heavy atom. The van der Waals surface area contributed by atoms with Crippen LogP contribution in [0.4, 0.5) is 0 Å². The minimum absolute atomic E-state index is 0.0653. The van der Waals surface area contributed by atoms with Crippen LogP contribution in [-0.2, 0) is 16.1 Å². The minimum atomic E-state index is -0.0653. The molecule has 0 unspecified atom stereocenters. The zero-order chi connectivity index (χ0) is 13.1. The molecule has 0 spiro atoms. The number of rotatable bonds is 6. The van der Waals surface area contributed by atoms with Gasteiger partial charge in [0.05, 0.1) is 11.5 Å². The molecule has 0 aromatic carbocycles. The lowest BCUT2D eigenvalue weighted by atomic mass is 10.3. The molecule has 0 radical (unpaired) electrons. The van der Waals surface area contributed by atoms with Crippen LogP contribution in [0.5, 0.6) is 0 Å². The van der Waals surface area contributed by atoms with Crippen molar-refractivity contribution < 1.29 is 14.1 Å². The molecular formula is C13H14N2O3S. The van der Waals surface area contributed by atoms with Crippen LogP contribution in [0.25, 0.3) is 10.6 Å². The normalized spacial score (nSPS) is 14.5. The molecule has 5 nitrogen and oxygen atoms in total. The number of hydrogen-bond acceptors (Lipinski definition) is 5. The number of aromatic nitrogens is 1. The summed E-state index contributed by atoms with van der Waals surface area (Å²) >= 11 is 1.59. The Bertz CT molecular complexity index is 546. The molecule has 0 aliphatic heterocycles. The van der Waals surface area contributed by atoms with Crippen molar-refractivity contribution in [2.24, 2.45) is 0 Å². The van der Waals surface area contributed by atoms with Crippen molar-refractivity contribution in [1.29, 1.82) is 0 Å². The fourth-order valence-electron chi connectivity index (χ4n) is 1.66. The van der Waals surface area contributed by atoms with E-state index in [0.717, 1.165) is 23.5 Å². The van der Waals surface area contributed by atoms with Crippen LogP contribution >= 0.6 is 11.3 Å². The molecule has 19 heavy (non-hydrogen) atoms. The number of thiophene rings is 1. The van der Waals surface area contributed by atoms with E-state index >= 15 is 0 Å². The number of nitrogens with zero attached hydrogens (tertiary/aromatic N) is 1. The van der Waals surface area contributed by atoms with Gasteiger partial charge in [0.25, 0.3) is 0 Å². The van der Waals surface area contributed by atoms with E-state index in [-0.39, 0.29) is 19.1 Å². The summed E-state index contributed by atoms with van der Waals surface area (Å²) in [5, 5.41) is 8.76. The summed E-state index contributed by atoms with van der Waals surface area (Å²) in [6.45, 7) is 0.352. The topological polar surface area (TPSA) is 64.4 Å². The maximum absolute atomic E-state index is 11.4. The Morgan fingerprint density at radius 2 is 2.47 bits per heavy atom. The number of ether oxygens (including phenoxy) is 1. The van der Waals surface area contributed by atoms with Crippen LogP contribution < -0.4 is 5.32 Å². The van der Waals surface area contributed by atoms with Crippen molar-refractivity contribution >= 4 is 17.2 Å². The van der Waals surface area contributed by atoms with E-state index in [0.29, 0.717) is 11.7 Å². The van der Waals surface area contributed by atoms with E-state index < -0.39 is 0 Å². The Morgan fingerprint density at radius 3 is 3.21 bits per heavy atom. The molecule has 100 valence electrons. The molecule has 1 aliphatic carbocycles. The lowest BCUT2D eigenvalue weighted by molar-refractivity contribution is -0.126. The Labute approximate surface area is 114 Å². The fraction of sp³-hybridized carbons (Fsp3) is 0.385. The van der Waals surface area contributed by atoms with Crippen molar-refractivity contribution in [3.05, 3.63) is 29.3 Å². The third-order valence-electron chi connectivity index (χ3n) is 2.75. The second kappa shape index (κ2) is 5.54. The SMILES string of the molecule is O=C(COCc1cc(-c2cccs2)on1)NC1CC1. The second-order valence-corrected chi connectivity index (χ2v) is 5.44. The van der Waals surface area contributed by atoms with E-state index in [2.05, 4.69) is 10.5 Å². The first kappa shape index (κ1) is 12.4. The van der Waals surface area contributed by atoms with Gasteiger partial charge in [-0.05, 0) is 24.3 Å². The van der Waals surface area contributed by atoms with Gasteiger partial charge in [-0.2, -0.15) is 0 Å². The van der Waals surface area contributed by atoms with Gasteiger partial charge in [0, 0.05) is 12.1 Å². The third-order valence-corrected chi connectivity index (χ3v) is 3.63. The predicted octanol–water partition coefficient (Wildman–Crippen LogP) is 2.20. The van der Waals surface area contributed by atoms with Crippen LogP contribution in [0.3, 0.4) is 0 Å². The van der Waals surface area contributed by atoms with E-state index in [1.54, 1.807) is 11.3 Å². The van der Waals surface area contributed by atoms with Gasteiger partial charge in [0.15, 0.2) is 5.76 Å². The number of carbonyl (C=O) groups excluding carboxylic acids is 1. The number of carbonyl (C=O) groups is 1. The average molecular weight is 278 g/mol. The Hall–Kier alpha value is -1.66. The van der Waals surface area contributed by atoms with Crippen molar-refractivity contribution in [2.45, 2.75) is 25.5 Å². The van der Waals surface area contributed by atoms with E-state index in [9.17, 15) is 4.79 Å². The highest BCUT2D eigenvalue weighted by molar-refractivity contribution is 7.13.